The molecule has 3 aromatic rings. The fourth-order valence-electron chi connectivity index (χ4n) is 3.98. The number of hydrogen-bond acceptors (Lipinski definition) is 9. The number of benzene rings is 1. The number of ether oxygens (including phenoxy) is 2. The second-order valence-corrected chi connectivity index (χ2v) is 7.92. The van der Waals surface area contributed by atoms with E-state index in [0.29, 0.717) is 30.7 Å². The molecule has 2 aromatic heterocycles. The van der Waals surface area contributed by atoms with Gasteiger partial charge in [0.1, 0.15) is 17.0 Å². The molecule has 10 nitrogen and oxygen atoms in total. The fraction of sp³-hybridized carbons (Fsp3) is 0.364. The van der Waals surface area contributed by atoms with Crippen molar-refractivity contribution in [2.75, 3.05) is 37.5 Å². The highest BCUT2D eigenvalue weighted by Gasteiger charge is 2.35. The number of esters is 1. The van der Waals surface area contributed by atoms with E-state index in [1.165, 1.54) is 19.2 Å². The van der Waals surface area contributed by atoms with Crippen LogP contribution in [-0.2, 0) is 15.7 Å². The average Bonchev–Trinajstić information content (AvgIpc) is 2.85. The van der Waals surface area contributed by atoms with Crippen LogP contribution >= 0.6 is 0 Å². The lowest BCUT2D eigenvalue weighted by Crippen LogP contribution is -2.37. The summed E-state index contributed by atoms with van der Waals surface area (Å²) >= 11 is 0. The molecule has 0 spiro atoms. The highest BCUT2D eigenvalue weighted by Crippen LogP contribution is 2.38. The summed E-state index contributed by atoms with van der Waals surface area (Å²) in [5, 5.41) is 12.5. The first-order valence-electron chi connectivity index (χ1n) is 10.6. The van der Waals surface area contributed by atoms with E-state index in [-0.39, 0.29) is 46.0 Å². The van der Waals surface area contributed by atoms with Gasteiger partial charge in [0.25, 0.3) is 5.56 Å². The summed E-state index contributed by atoms with van der Waals surface area (Å²) in [6, 6.07) is 4.74. The lowest BCUT2D eigenvalue weighted by Gasteiger charge is -2.31. The Hall–Kier alpha value is -4.03. The zero-order valence-electron chi connectivity index (χ0n) is 18.8. The first-order valence-corrected chi connectivity index (χ1v) is 10.6. The molecule has 0 bridgehead atoms. The molecule has 1 fully saturated rings. The number of carbonyl (C=O) groups excluding carboxylic acids is 1. The molecule has 1 aliphatic heterocycles. The van der Waals surface area contributed by atoms with Gasteiger partial charge in [-0.2, -0.15) is 22.9 Å². The van der Waals surface area contributed by atoms with Crippen LogP contribution in [0, 0.1) is 5.92 Å². The maximum absolute atomic E-state index is 13.5. The van der Waals surface area contributed by atoms with E-state index >= 15 is 0 Å². The third-order valence-corrected chi connectivity index (χ3v) is 5.80. The molecule has 1 saturated heterocycles. The van der Waals surface area contributed by atoms with Crippen molar-refractivity contribution in [3.05, 3.63) is 46.4 Å². The predicted molar refractivity (Wildman–Crippen MR) is 119 cm³/mol. The molecule has 3 heterocycles. The van der Waals surface area contributed by atoms with Gasteiger partial charge >= 0.3 is 12.1 Å². The van der Waals surface area contributed by atoms with Crippen molar-refractivity contribution in [2.24, 2.45) is 5.92 Å². The van der Waals surface area contributed by atoms with Crippen molar-refractivity contribution in [2.45, 2.75) is 19.0 Å². The Balaban J connectivity index is 1.75. The van der Waals surface area contributed by atoms with Crippen LogP contribution in [0.2, 0.25) is 0 Å². The van der Waals surface area contributed by atoms with Crippen LogP contribution in [0.4, 0.5) is 30.6 Å². The van der Waals surface area contributed by atoms with Gasteiger partial charge in [0.05, 0.1) is 31.2 Å². The molecule has 35 heavy (non-hydrogen) atoms. The molecule has 13 heteroatoms. The molecular formula is C22H22F3N5O5. The van der Waals surface area contributed by atoms with Gasteiger partial charge < -0.3 is 24.9 Å². The number of methoxy groups -OCH3 is 2. The number of fused-ring (bicyclic) bond motifs is 1. The van der Waals surface area contributed by atoms with Crippen LogP contribution < -0.4 is 20.5 Å². The van der Waals surface area contributed by atoms with E-state index in [0.717, 1.165) is 25.4 Å². The maximum Gasteiger partial charge on any atom is 0.420 e. The van der Waals surface area contributed by atoms with Crippen molar-refractivity contribution in [3.8, 4) is 5.75 Å². The van der Waals surface area contributed by atoms with Gasteiger partial charge in [-0.05, 0) is 37.1 Å². The molecule has 1 aliphatic rings. The largest absolute Gasteiger partial charge is 0.496 e. The van der Waals surface area contributed by atoms with Gasteiger partial charge in [-0.25, -0.2) is 4.98 Å². The Morgan fingerprint density at radius 3 is 2.51 bits per heavy atom. The minimum absolute atomic E-state index is 0.00113. The van der Waals surface area contributed by atoms with Gasteiger partial charge in [0, 0.05) is 25.0 Å². The monoisotopic (exact) mass is 493 g/mol. The standard InChI is InChI=1S/C22H22F3N5O5/c1-34-16-4-3-13(11-14(16)22(23,24)25)26-18-17-15(7-10-30(33)19(17)31)27-21(28-18)29-8-5-12(6-9-29)20(32)35-2/h3-4,7,10-12,33H,5-6,8-9H2,1-2H3,(H,26,27,28). The number of hydrogen-bond donors (Lipinski definition) is 2. The van der Waals surface area contributed by atoms with Gasteiger partial charge in [0.15, 0.2) is 0 Å². The molecule has 1 aromatic carbocycles. The summed E-state index contributed by atoms with van der Waals surface area (Å²) in [4.78, 5) is 35.1. The molecule has 0 atom stereocenters. The number of nitrogens with zero attached hydrogens (tertiary/aromatic N) is 4. The Kier molecular flexibility index (Phi) is 6.41. The Bertz CT molecular complexity index is 1320. The van der Waals surface area contributed by atoms with Crippen LogP contribution in [0.25, 0.3) is 10.9 Å². The SMILES string of the molecule is COC(=O)C1CCN(c2nc(Nc3ccc(OC)c(C(F)(F)F)c3)c3c(=O)n(O)ccc3n2)CC1. The molecule has 0 radical (unpaired) electrons. The number of rotatable bonds is 5. The Morgan fingerprint density at radius 1 is 1.17 bits per heavy atom. The minimum Gasteiger partial charge on any atom is -0.496 e. The van der Waals surface area contributed by atoms with E-state index < -0.39 is 17.3 Å². The fourth-order valence-corrected chi connectivity index (χ4v) is 3.98. The molecular weight excluding hydrogens is 471 g/mol. The average molecular weight is 493 g/mol. The molecule has 0 amide bonds. The summed E-state index contributed by atoms with van der Waals surface area (Å²) in [6.07, 6.45) is -2.56. The van der Waals surface area contributed by atoms with Gasteiger partial charge in [-0.15, -0.1) is 0 Å². The van der Waals surface area contributed by atoms with E-state index in [1.807, 2.05) is 4.90 Å². The quantitative estimate of drug-likeness (QED) is 0.408. The molecule has 186 valence electrons. The van der Waals surface area contributed by atoms with Crippen molar-refractivity contribution < 1.29 is 32.6 Å². The molecule has 0 aliphatic carbocycles. The summed E-state index contributed by atoms with van der Waals surface area (Å²) in [5.74, 6) is -0.761. The lowest BCUT2D eigenvalue weighted by atomic mass is 9.97. The van der Waals surface area contributed by atoms with E-state index in [2.05, 4.69) is 15.3 Å². The number of pyridine rings is 1. The first kappa shape index (κ1) is 24.1. The third kappa shape index (κ3) is 4.79. The molecule has 2 N–H and O–H groups in total. The summed E-state index contributed by atoms with van der Waals surface area (Å²) in [7, 11) is 2.46. The van der Waals surface area contributed by atoms with Crippen LogP contribution in [0.5, 0.6) is 5.75 Å². The van der Waals surface area contributed by atoms with Crippen LogP contribution in [0.15, 0.2) is 35.3 Å². The number of anilines is 3. The number of nitrogens with one attached hydrogen (secondary N) is 1. The number of carbonyl (C=O) groups is 1. The van der Waals surface area contributed by atoms with E-state index in [9.17, 15) is 28.0 Å². The predicted octanol–water partition coefficient (Wildman–Crippen LogP) is 3.19. The van der Waals surface area contributed by atoms with Gasteiger partial charge in [-0.1, -0.05) is 0 Å². The number of aromatic nitrogens is 3. The van der Waals surface area contributed by atoms with Crippen molar-refractivity contribution in [1.82, 2.24) is 14.7 Å². The van der Waals surface area contributed by atoms with Gasteiger partial charge in [-0.3, -0.25) is 9.59 Å². The number of alkyl halides is 3. The maximum atomic E-state index is 13.5. The third-order valence-electron chi connectivity index (χ3n) is 5.80. The summed E-state index contributed by atoms with van der Waals surface area (Å²) in [6.45, 7) is 0.866. The van der Waals surface area contributed by atoms with Crippen LogP contribution in [0.1, 0.15) is 18.4 Å². The van der Waals surface area contributed by atoms with Crippen molar-refractivity contribution >= 4 is 34.3 Å². The van der Waals surface area contributed by atoms with Gasteiger partial charge in [0.2, 0.25) is 5.95 Å². The Morgan fingerprint density at radius 2 is 1.89 bits per heavy atom. The van der Waals surface area contributed by atoms with Crippen molar-refractivity contribution in [1.29, 1.82) is 0 Å². The minimum atomic E-state index is -4.68. The Labute approximate surface area is 196 Å². The van der Waals surface area contributed by atoms with E-state index in [1.54, 1.807) is 0 Å². The van der Waals surface area contributed by atoms with E-state index in [4.69, 9.17) is 9.47 Å². The van der Waals surface area contributed by atoms with Crippen LogP contribution in [0.3, 0.4) is 0 Å². The first-order chi connectivity index (χ1) is 16.6. The zero-order chi connectivity index (χ0) is 25.3. The second kappa shape index (κ2) is 9.31. The van der Waals surface area contributed by atoms with Crippen molar-refractivity contribution in [3.63, 3.8) is 0 Å². The molecule has 0 unspecified atom stereocenters. The highest BCUT2D eigenvalue weighted by molar-refractivity contribution is 5.91. The smallest absolute Gasteiger partial charge is 0.420 e. The number of halogens is 3. The number of piperidine rings is 1. The summed E-state index contributed by atoms with van der Waals surface area (Å²) in [5.41, 5.74) is -1.66. The van der Waals surface area contributed by atoms with Crippen LogP contribution in [-0.4, -0.2) is 53.2 Å². The summed E-state index contributed by atoms with van der Waals surface area (Å²) < 4.78 is 50.4. The second-order valence-electron chi connectivity index (χ2n) is 7.92. The lowest BCUT2D eigenvalue weighted by molar-refractivity contribution is -0.146. The normalized spacial score (nSPS) is 14.7. The molecule has 0 saturated carbocycles. The topological polar surface area (TPSA) is 119 Å². The zero-order valence-corrected chi connectivity index (χ0v) is 18.8. The highest BCUT2D eigenvalue weighted by atomic mass is 19.4. The molecule has 4 rings (SSSR count).